The molecule has 3 heteroatoms. The third kappa shape index (κ3) is 2.93. The molecule has 106 valence electrons. The summed E-state index contributed by atoms with van der Waals surface area (Å²) in [6.45, 7) is 0. The molecule has 2 aromatic rings. The highest BCUT2D eigenvalue weighted by Crippen LogP contribution is 2.41. The summed E-state index contributed by atoms with van der Waals surface area (Å²) < 4.78 is 1.15. The van der Waals surface area contributed by atoms with Gasteiger partial charge in [-0.2, -0.15) is 0 Å². The average Bonchev–Trinajstić information content (AvgIpc) is 2.47. The second-order valence-electron chi connectivity index (χ2n) is 5.15. The first-order valence-corrected chi connectivity index (χ1v) is 7.60. The van der Waals surface area contributed by atoms with E-state index in [2.05, 4.69) is 76.8 Å². The number of hydrogen-bond donors (Lipinski definition) is 1. The average molecular weight is 353 g/mol. The smallest absolute Gasteiger partial charge is 0.0320 e. The second kappa shape index (κ2) is 6.75. The third-order valence-corrected chi connectivity index (χ3v) is 4.64. The maximum Gasteiger partial charge on any atom is 0.0320 e. The molecule has 3 rings (SSSR count). The number of benzene rings is 2. The number of rotatable bonds is 2. The van der Waals surface area contributed by atoms with Crippen molar-refractivity contribution >= 4 is 28.3 Å². The SMILES string of the molecule is CN[C@@H]1CCC(c2ccc(Br)cc2)c2ccccc21.Cl. The van der Waals surface area contributed by atoms with Crippen molar-refractivity contribution in [2.45, 2.75) is 24.8 Å². The van der Waals surface area contributed by atoms with Crippen molar-refractivity contribution in [1.29, 1.82) is 0 Å². The van der Waals surface area contributed by atoms with Crippen molar-refractivity contribution < 1.29 is 0 Å². The molecule has 0 heterocycles. The van der Waals surface area contributed by atoms with E-state index in [1.807, 2.05) is 0 Å². The molecule has 0 amide bonds. The summed E-state index contributed by atoms with van der Waals surface area (Å²) >= 11 is 3.51. The Morgan fingerprint density at radius 3 is 2.25 bits per heavy atom. The van der Waals surface area contributed by atoms with Crippen molar-refractivity contribution in [3.05, 3.63) is 69.7 Å². The van der Waals surface area contributed by atoms with E-state index in [1.165, 1.54) is 29.5 Å². The maximum atomic E-state index is 3.51. The van der Waals surface area contributed by atoms with Gasteiger partial charge in [-0.05, 0) is 48.7 Å². The summed E-state index contributed by atoms with van der Waals surface area (Å²) in [4.78, 5) is 0. The first-order valence-electron chi connectivity index (χ1n) is 6.81. The van der Waals surface area contributed by atoms with Crippen LogP contribution in [0.4, 0.5) is 0 Å². The molecule has 0 aliphatic heterocycles. The van der Waals surface area contributed by atoms with E-state index in [0.29, 0.717) is 12.0 Å². The molecule has 1 aliphatic carbocycles. The number of fused-ring (bicyclic) bond motifs is 1. The van der Waals surface area contributed by atoms with Crippen LogP contribution >= 0.6 is 28.3 Å². The lowest BCUT2D eigenvalue weighted by molar-refractivity contribution is 0.471. The molecule has 0 fully saturated rings. The fourth-order valence-corrected chi connectivity index (χ4v) is 3.40. The highest BCUT2D eigenvalue weighted by atomic mass is 79.9. The number of nitrogens with one attached hydrogen (secondary N) is 1. The summed E-state index contributed by atoms with van der Waals surface area (Å²) in [5.74, 6) is 0.536. The van der Waals surface area contributed by atoms with E-state index in [9.17, 15) is 0 Å². The minimum atomic E-state index is 0. The zero-order valence-electron chi connectivity index (χ0n) is 11.5. The lowest BCUT2D eigenvalue weighted by Crippen LogP contribution is -2.24. The van der Waals surface area contributed by atoms with Crippen LogP contribution in [0.3, 0.4) is 0 Å². The first kappa shape index (κ1) is 15.6. The molecule has 0 saturated heterocycles. The van der Waals surface area contributed by atoms with E-state index in [-0.39, 0.29) is 12.4 Å². The number of hydrogen-bond acceptors (Lipinski definition) is 1. The van der Waals surface area contributed by atoms with Crippen LogP contribution < -0.4 is 5.32 Å². The van der Waals surface area contributed by atoms with Crippen LogP contribution in [0, 0.1) is 0 Å². The molecule has 1 nitrogen and oxygen atoms in total. The number of halogens is 2. The largest absolute Gasteiger partial charge is 0.313 e. The summed E-state index contributed by atoms with van der Waals surface area (Å²) in [6.07, 6.45) is 2.42. The van der Waals surface area contributed by atoms with Gasteiger partial charge in [0.25, 0.3) is 0 Å². The van der Waals surface area contributed by atoms with Crippen LogP contribution in [0.5, 0.6) is 0 Å². The van der Waals surface area contributed by atoms with Crippen molar-refractivity contribution in [2.24, 2.45) is 0 Å². The zero-order chi connectivity index (χ0) is 13.2. The lowest BCUT2D eigenvalue weighted by Gasteiger charge is -2.31. The van der Waals surface area contributed by atoms with Gasteiger partial charge in [0.15, 0.2) is 0 Å². The predicted octanol–water partition coefficient (Wildman–Crippen LogP) is 5.06. The fraction of sp³-hybridized carbons (Fsp3) is 0.294. The van der Waals surface area contributed by atoms with Crippen LogP contribution in [-0.4, -0.2) is 7.05 Å². The van der Waals surface area contributed by atoms with Crippen molar-refractivity contribution in [1.82, 2.24) is 5.32 Å². The third-order valence-electron chi connectivity index (χ3n) is 4.11. The van der Waals surface area contributed by atoms with Gasteiger partial charge in [0.05, 0.1) is 0 Å². The van der Waals surface area contributed by atoms with Crippen LogP contribution in [0.25, 0.3) is 0 Å². The normalized spacial score (nSPS) is 20.9. The molecular formula is C17H19BrClN. The van der Waals surface area contributed by atoms with Crippen molar-refractivity contribution in [2.75, 3.05) is 7.05 Å². The molecule has 0 aromatic heterocycles. The molecule has 0 saturated carbocycles. The minimum Gasteiger partial charge on any atom is -0.313 e. The molecule has 2 aromatic carbocycles. The van der Waals surface area contributed by atoms with Gasteiger partial charge in [-0.15, -0.1) is 12.4 Å². The molecule has 20 heavy (non-hydrogen) atoms. The molecule has 2 atom stereocenters. The Hall–Kier alpha value is -0.830. The van der Waals surface area contributed by atoms with Gasteiger partial charge in [0.2, 0.25) is 0 Å². The molecule has 0 spiro atoms. The Balaban J connectivity index is 0.00000147. The lowest BCUT2D eigenvalue weighted by atomic mass is 9.77. The molecule has 0 bridgehead atoms. The maximum absolute atomic E-state index is 3.51. The van der Waals surface area contributed by atoms with Gasteiger partial charge >= 0.3 is 0 Å². The van der Waals surface area contributed by atoms with Crippen molar-refractivity contribution in [3.8, 4) is 0 Å². The van der Waals surface area contributed by atoms with E-state index in [4.69, 9.17) is 0 Å². The molecule has 1 N–H and O–H groups in total. The Bertz CT molecular complexity index is 567. The van der Waals surface area contributed by atoms with Crippen LogP contribution in [0.15, 0.2) is 53.0 Å². The Labute approximate surface area is 135 Å². The first-order chi connectivity index (χ1) is 9.29. The van der Waals surface area contributed by atoms with E-state index < -0.39 is 0 Å². The molecule has 1 unspecified atom stereocenters. The van der Waals surface area contributed by atoms with Gasteiger partial charge in [0, 0.05) is 16.4 Å². The Kier molecular flexibility index (Phi) is 5.25. The van der Waals surface area contributed by atoms with Gasteiger partial charge in [0.1, 0.15) is 0 Å². The zero-order valence-corrected chi connectivity index (χ0v) is 13.9. The summed E-state index contributed by atoms with van der Waals surface area (Å²) in [5.41, 5.74) is 4.37. The second-order valence-corrected chi connectivity index (χ2v) is 6.07. The molecular weight excluding hydrogens is 334 g/mol. The highest BCUT2D eigenvalue weighted by molar-refractivity contribution is 9.10. The minimum absolute atomic E-state index is 0. The van der Waals surface area contributed by atoms with Crippen LogP contribution in [-0.2, 0) is 0 Å². The summed E-state index contributed by atoms with van der Waals surface area (Å²) in [6, 6.07) is 18.1. The fourth-order valence-electron chi connectivity index (χ4n) is 3.13. The standard InChI is InChI=1S/C17H18BrN.ClH/c1-19-17-11-10-14(12-6-8-13(18)9-7-12)15-4-2-3-5-16(15)17;/h2-9,14,17,19H,10-11H2,1H3;1H/t14?,17-;/m1./s1. The summed E-state index contributed by atoms with van der Waals surface area (Å²) in [5, 5.41) is 3.43. The molecule has 0 radical (unpaired) electrons. The van der Waals surface area contributed by atoms with Crippen LogP contribution in [0.2, 0.25) is 0 Å². The van der Waals surface area contributed by atoms with Crippen molar-refractivity contribution in [3.63, 3.8) is 0 Å². The topological polar surface area (TPSA) is 12.0 Å². The van der Waals surface area contributed by atoms with E-state index in [1.54, 1.807) is 0 Å². The van der Waals surface area contributed by atoms with Gasteiger partial charge in [-0.1, -0.05) is 52.3 Å². The van der Waals surface area contributed by atoms with E-state index in [0.717, 1.165) is 4.47 Å². The Morgan fingerprint density at radius 1 is 0.950 bits per heavy atom. The monoisotopic (exact) mass is 351 g/mol. The Morgan fingerprint density at radius 2 is 1.60 bits per heavy atom. The van der Waals surface area contributed by atoms with Crippen LogP contribution in [0.1, 0.15) is 41.5 Å². The quantitative estimate of drug-likeness (QED) is 0.797. The van der Waals surface area contributed by atoms with E-state index >= 15 is 0 Å². The van der Waals surface area contributed by atoms with Gasteiger partial charge in [-0.25, -0.2) is 0 Å². The van der Waals surface area contributed by atoms with Gasteiger partial charge in [-0.3, -0.25) is 0 Å². The summed E-state index contributed by atoms with van der Waals surface area (Å²) in [7, 11) is 2.06. The molecule has 1 aliphatic rings. The highest BCUT2D eigenvalue weighted by Gasteiger charge is 2.26. The van der Waals surface area contributed by atoms with Gasteiger partial charge < -0.3 is 5.32 Å². The predicted molar refractivity (Wildman–Crippen MR) is 90.7 cm³/mol.